The summed E-state index contributed by atoms with van der Waals surface area (Å²) in [5.74, 6) is -0.374. The molecule has 0 unspecified atom stereocenters. The number of rotatable bonds is 8. The number of fused-ring (bicyclic) bond motifs is 7. The molecular weight excluding hydrogens is 877 g/mol. The molecule has 0 amide bonds. The molecule has 5 aliphatic carbocycles. The van der Waals surface area contributed by atoms with Gasteiger partial charge < -0.3 is 78.7 Å². The normalized spacial score (nSPS) is 55.9. The molecule has 8 N–H and O–H groups in total. The van der Waals surface area contributed by atoms with E-state index in [0.29, 0.717) is 18.8 Å². The first-order valence-corrected chi connectivity index (χ1v) is 24.9. The summed E-state index contributed by atoms with van der Waals surface area (Å²) in [4.78, 5) is 27.0. The predicted molar refractivity (Wildman–Crippen MR) is 232 cm³/mol. The Kier molecular flexibility index (Phi) is 12.8. The van der Waals surface area contributed by atoms with Gasteiger partial charge in [-0.2, -0.15) is 0 Å². The van der Waals surface area contributed by atoms with Gasteiger partial charge in [0.05, 0.1) is 36.4 Å². The standard InChI is InChI=1S/C49H78O18/c1-20-29(50)31(52)33(54)40(61-20)65-36-35(56)37(39(57)60-10)66-42(38(36)67-41-34(55)32(53)30(51)21(2)62-41)64-26-14-15-46(7)24(44(26,3)4)13-16-48(9)25(46)12-11-22-27-28(45(5,6)59)23-19-49(27,43(58)63-23)18-17-47(22,48)8/h20-38,40-42,50-56,59H,11-19H2,1-10H3/t20-,21-,22+,23-,24-,25+,26-,27-,28+,29-,30-,31+,32+,33+,34+,35-,36-,37-,38+,40-,41-,42+,46-,47+,48+,49+/m0/s1. The van der Waals surface area contributed by atoms with Crippen LogP contribution in [0.2, 0.25) is 0 Å². The number of aliphatic hydroxyl groups is 8. The van der Waals surface area contributed by atoms with Gasteiger partial charge in [0, 0.05) is 12.3 Å². The van der Waals surface area contributed by atoms with E-state index < -0.39 is 121 Å². The Labute approximate surface area is 393 Å². The summed E-state index contributed by atoms with van der Waals surface area (Å²) in [5.41, 5.74) is -2.34. The summed E-state index contributed by atoms with van der Waals surface area (Å²) in [7, 11) is 1.12. The van der Waals surface area contributed by atoms with Crippen LogP contribution in [0.1, 0.15) is 120 Å². The second-order valence-corrected chi connectivity index (χ2v) is 24.2. The van der Waals surface area contributed by atoms with Crippen LogP contribution in [0.25, 0.3) is 0 Å². The van der Waals surface area contributed by atoms with Crippen LogP contribution in [0, 0.1) is 56.7 Å². The predicted octanol–water partition coefficient (Wildman–Crippen LogP) is 1.44. The van der Waals surface area contributed by atoms with E-state index in [1.165, 1.54) is 13.8 Å². The summed E-state index contributed by atoms with van der Waals surface area (Å²) in [5, 5.41) is 88.2. The van der Waals surface area contributed by atoms with E-state index in [9.17, 15) is 50.4 Å². The summed E-state index contributed by atoms with van der Waals surface area (Å²) in [6.07, 6.45) is -17.0. The van der Waals surface area contributed by atoms with Crippen molar-refractivity contribution in [2.24, 2.45) is 56.7 Å². The van der Waals surface area contributed by atoms with Gasteiger partial charge in [-0.25, -0.2) is 4.79 Å². The number of ether oxygens (including phenoxy) is 8. The monoisotopic (exact) mass is 955 g/mol. The summed E-state index contributed by atoms with van der Waals surface area (Å²) in [6.45, 7) is 18.5. The Morgan fingerprint density at radius 3 is 1.84 bits per heavy atom. The van der Waals surface area contributed by atoms with Gasteiger partial charge >= 0.3 is 11.9 Å². The number of carbonyl (C=O) groups is 2. The third kappa shape index (κ3) is 7.37. The van der Waals surface area contributed by atoms with Crippen LogP contribution in [0.4, 0.5) is 0 Å². The zero-order valence-electron chi connectivity index (χ0n) is 40.7. The zero-order chi connectivity index (χ0) is 48.9. The molecule has 2 bridgehead atoms. The molecule has 26 atom stereocenters. The quantitative estimate of drug-likeness (QED) is 0.126. The van der Waals surface area contributed by atoms with Crippen molar-refractivity contribution in [3.8, 4) is 0 Å². The number of aliphatic hydroxyl groups excluding tert-OH is 7. The minimum absolute atomic E-state index is 0.0526. The molecule has 4 aliphatic heterocycles. The van der Waals surface area contributed by atoms with Crippen molar-refractivity contribution in [3.63, 3.8) is 0 Å². The van der Waals surface area contributed by atoms with E-state index >= 15 is 0 Å². The van der Waals surface area contributed by atoms with E-state index in [2.05, 4.69) is 34.6 Å². The lowest BCUT2D eigenvalue weighted by molar-refractivity contribution is -0.394. The first-order valence-electron chi connectivity index (χ1n) is 24.9. The Hall–Kier alpha value is -1.62. The number of esters is 2. The van der Waals surface area contributed by atoms with Crippen molar-refractivity contribution in [3.05, 3.63) is 0 Å². The summed E-state index contributed by atoms with van der Waals surface area (Å²) >= 11 is 0. The van der Waals surface area contributed by atoms with Gasteiger partial charge in [-0.3, -0.25) is 4.79 Å². The fourth-order valence-electron chi connectivity index (χ4n) is 16.7. The van der Waals surface area contributed by atoms with E-state index in [1.807, 2.05) is 13.8 Å². The molecule has 18 nitrogen and oxygen atoms in total. The molecular formula is C49H78O18. The van der Waals surface area contributed by atoms with Gasteiger partial charge in [0.2, 0.25) is 0 Å². The molecule has 0 aromatic rings. The van der Waals surface area contributed by atoms with E-state index in [1.54, 1.807) is 0 Å². The third-order valence-electron chi connectivity index (χ3n) is 20.3. The van der Waals surface area contributed by atoms with E-state index in [4.69, 9.17) is 37.9 Å². The number of methoxy groups -OCH3 is 1. The third-order valence-corrected chi connectivity index (χ3v) is 20.3. The highest BCUT2D eigenvalue weighted by Gasteiger charge is 2.77. The molecule has 9 aliphatic rings. The zero-order valence-corrected chi connectivity index (χ0v) is 40.7. The van der Waals surface area contributed by atoms with Crippen LogP contribution in [-0.4, -0.2) is 170 Å². The number of hydrogen-bond acceptors (Lipinski definition) is 18. The maximum atomic E-state index is 13.7. The van der Waals surface area contributed by atoms with Gasteiger partial charge in [-0.15, -0.1) is 0 Å². The Bertz CT molecular complexity index is 1880. The van der Waals surface area contributed by atoms with Crippen molar-refractivity contribution >= 4 is 11.9 Å². The Morgan fingerprint density at radius 1 is 0.657 bits per heavy atom. The van der Waals surface area contributed by atoms with Gasteiger partial charge in [-0.1, -0.05) is 34.6 Å². The topological polar surface area (TPSA) is 270 Å². The molecule has 0 aromatic heterocycles. The molecule has 5 saturated carbocycles. The lowest BCUT2D eigenvalue weighted by Gasteiger charge is -2.73. The number of hydrogen-bond donors (Lipinski definition) is 8. The van der Waals surface area contributed by atoms with Gasteiger partial charge in [0.15, 0.2) is 25.0 Å². The molecule has 1 spiro atoms. The second kappa shape index (κ2) is 17.0. The fraction of sp³-hybridized carbons (Fsp3) is 0.959. The SMILES string of the molecule is COC(=O)[C@H]1O[C@@H](O[C@H]2CC[C@]3(C)[C@H]4CC[C@@H]5[C@H]6[C@H](C(C)(C)O)[C@@H]7C[C@@]6(CC[C@@]5(C)[C@]4(C)CC[C@H]3C2(C)C)C(=O)O7)[C@H](O[C@@H]2O[C@@H](C)[C@H](O)[C@@H](O)[C@H]2O)[C@@H](O[C@@H]2O[C@@H](C)[C@H](O)[C@@H](O)[C@H]2O)[C@@H]1O. The van der Waals surface area contributed by atoms with Crippen molar-refractivity contribution in [1.82, 2.24) is 0 Å². The summed E-state index contributed by atoms with van der Waals surface area (Å²) in [6, 6.07) is 0. The van der Waals surface area contributed by atoms with Crippen LogP contribution in [-0.2, 0) is 47.5 Å². The average molecular weight is 955 g/mol. The highest BCUT2D eigenvalue weighted by atomic mass is 16.8. The molecule has 67 heavy (non-hydrogen) atoms. The average Bonchev–Trinajstić information content (AvgIpc) is 3.77. The highest BCUT2D eigenvalue weighted by Crippen LogP contribution is 2.79. The molecule has 9 fully saturated rings. The minimum Gasteiger partial charge on any atom is -0.467 e. The van der Waals surface area contributed by atoms with Gasteiger partial charge in [-0.05, 0) is 124 Å². The van der Waals surface area contributed by atoms with Crippen LogP contribution >= 0.6 is 0 Å². The van der Waals surface area contributed by atoms with Gasteiger partial charge in [0.1, 0.15) is 61.0 Å². The molecule has 4 heterocycles. The van der Waals surface area contributed by atoms with Crippen molar-refractivity contribution in [2.45, 2.75) is 230 Å². The lowest BCUT2D eigenvalue weighted by atomic mass is 9.32. The largest absolute Gasteiger partial charge is 0.467 e. The maximum Gasteiger partial charge on any atom is 0.337 e. The molecule has 9 rings (SSSR count). The van der Waals surface area contributed by atoms with Crippen molar-refractivity contribution in [1.29, 1.82) is 0 Å². The second-order valence-electron chi connectivity index (χ2n) is 24.2. The summed E-state index contributed by atoms with van der Waals surface area (Å²) < 4.78 is 48.6. The van der Waals surface area contributed by atoms with Crippen LogP contribution < -0.4 is 0 Å². The maximum absolute atomic E-state index is 13.7. The molecule has 0 radical (unpaired) electrons. The van der Waals surface area contributed by atoms with E-state index in [-0.39, 0.29) is 52.0 Å². The van der Waals surface area contributed by atoms with Gasteiger partial charge in [0.25, 0.3) is 0 Å². The van der Waals surface area contributed by atoms with Crippen LogP contribution in [0.5, 0.6) is 0 Å². The number of carbonyl (C=O) groups excluding carboxylic acids is 2. The lowest BCUT2D eigenvalue weighted by Crippen LogP contribution is -2.69. The molecule has 382 valence electrons. The molecule has 4 saturated heterocycles. The smallest absolute Gasteiger partial charge is 0.337 e. The first kappa shape index (κ1) is 50.3. The highest BCUT2D eigenvalue weighted by molar-refractivity contribution is 5.81. The van der Waals surface area contributed by atoms with E-state index in [0.717, 1.165) is 52.1 Å². The first-order chi connectivity index (χ1) is 31.2. The minimum atomic E-state index is -1.88. The Morgan fingerprint density at radius 2 is 1.25 bits per heavy atom. The molecule has 18 heteroatoms. The van der Waals surface area contributed by atoms with Crippen molar-refractivity contribution < 1.29 is 88.3 Å². The van der Waals surface area contributed by atoms with Crippen LogP contribution in [0.15, 0.2) is 0 Å². The fourth-order valence-corrected chi connectivity index (χ4v) is 16.7. The van der Waals surface area contributed by atoms with Crippen LogP contribution in [0.3, 0.4) is 0 Å². The Balaban J connectivity index is 1.01. The molecule has 0 aromatic carbocycles. The van der Waals surface area contributed by atoms with Crippen molar-refractivity contribution in [2.75, 3.05) is 7.11 Å².